The van der Waals surface area contributed by atoms with E-state index < -0.39 is 11.7 Å². The van der Waals surface area contributed by atoms with Crippen LogP contribution < -0.4 is 15.5 Å². The van der Waals surface area contributed by atoms with E-state index in [1.807, 2.05) is 0 Å². The summed E-state index contributed by atoms with van der Waals surface area (Å²) in [6.07, 6.45) is 2.04. The Bertz CT molecular complexity index is 1220. The number of nitrogens with one attached hydrogen (secondary N) is 2. The number of ether oxygens (including phenoxy) is 1. The normalized spacial score (nSPS) is 14.0. The number of amides is 2. The Balaban J connectivity index is 1.57. The molecular weight excluding hydrogens is 413 g/mol. The number of halogens is 1. The maximum atomic E-state index is 13.9. The summed E-state index contributed by atoms with van der Waals surface area (Å²) >= 11 is 0. The number of hydrogen-bond donors (Lipinski definition) is 2. The summed E-state index contributed by atoms with van der Waals surface area (Å²) < 4.78 is 24.9. The first-order valence-corrected chi connectivity index (χ1v) is 10.2. The number of rotatable bonds is 5. The zero-order valence-corrected chi connectivity index (χ0v) is 17.7. The second kappa shape index (κ2) is 9.05. The number of fused-ring (bicyclic) bond motifs is 1. The molecule has 7 nitrogen and oxygen atoms in total. The molecule has 32 heavy (non-hydrogen) atoms. The van der Waals surface area contributed by atoms with Gasteiger partial charge in [-0.25, -0.2) is 9.82 Å². The molecule has 2 amide bonds. The third-order valence-corrected chi connectivity index (χ3v) is 5.28. The van der Waals surface area contributed by atoms with Crippen molar-refractivity contribution in [2.45, 2.75) is 26.2 Å². The maximum Gasteiger partial charge on any atom is 0.291 e. The predicted molar refractivity (Wildman–Crippen MR) is 118 cm³/mol. The minimum atomic E-state index is -0.540. The molecule has 0 saturated carbocycles. The summed E-state index contributed by atoms with van der Waals surface area (Å²) in [4.78, 5) is 25.2. The lowest BCUT2D eigenvalue weighted by atomic mass is 9.93. The first-order valence-electron chi connectivity index (χ1n) is 10.2. The fraction of sp³-hybridized carbons (Fsp3) is 0.208. The third-order valence-electron chi connectivity index (χ3n) is 5.28. The van der Waals surface area contributed by atoms with E-state index >= 15 is 0 Å². The lowest BCUT2D eigenvalue weighted by molar-refractivity contribution is 0.0953. The summed E-state index contributed by atoms with van der Waals surface area (Å²) in [6, 6.07) is 12.7. The second-order valence-corrected chi connectivity index (χ2v) is 7.37. The lowest BCUT2D eigenvalue weighted by Crippen LogP contribution is -2.22. The number of anilines is 1. The number of nitrogens with zero attached hydrogens (tertiary/aromatic N) is 1. The average molecular weight is 435 g/mol. The van der Waals surface area contributed by atoms with Gasteiger partial charge in [-0.15, -0.1) is 0 Å². The van der Waals surface area contributed by atoms with Gasteiger partial charge in [0.25, 0.3) is 11.8 Å². The van der Waals surface area contributed by atoms with E-state index in [0.29, 0.717) is 46.8 Å². The fourth-order valence-corrected chi connectivity index (χ4v) is 3.69. The Morgan fingerprint density at radius 3 is 2.69 bits per heavy atom. The van der Waals surface area contributed by atoms with E-state index in [1.54, 1.807) is 43.3 Å². The van der Waals surface area contributed by atoms with E-state index in [9.17, 15) is 14.0 Å². The quantitative estimate of drug-likeness (QED) is 0.579. The maximum absolute atomic E-state index is 13.9. The van der Waals surface area contributed by atoms with Gasteiger partial charge in [0, 0.05) is 23.1 Å². The fourth-order valence-electron chi connectivity index (χ4n) is 3.69. The van der Waals surface area contributed by atoms with Gasteiger partial charge in [-0.05, 0) is 50.1 Å². The van der Waals surface area contributed by atoms with Crippen LogP contribution in [0.15, 0.2) is 58.0 Å². The first-order chi connectivity index (χ1) is 15.5. The number of hydrogen-bond acceptors (Lipinski definition) is 5. The van der Waals surface area contributed by atoms with Crippen molar-refractivity contribution >= 4 is 23.2 Å². The summed E-state index contributed by atoms with van der Waals surface area (Å²) in [5, 5.41) is 6.86. The lowest BCUT2D eigenvalue weighted by Gasteiger charge is -2.13. The Morgan fingerprint density at radius 1 is 1.09 bits per heavy atom. The first kappa shape index (κ1) is 21.3. The number of benzene rings is 2. The van der Waals surface area contributed by atoms with Crippen molar-refractivity contribution in [3.8, 4) is 5.75 Å². The molecule has 2 N–H and O–H groups in total. The minimum absolute atomic E-state index is 0.0747. The van der Waals surface area contributed by atoms with Crippen LogP contribution in [-0.2, 0) is 6.42 Å². The van der Waals surface area contributed by atoms with Crippen molar-refractivity contribution < 1.29 is 23.1 Å². The van der Waals surface area contributed by atoms with Crippen LogP contribution in [0, 0.1) is 12.7 Å². The highest BCUT2D eigenvalue weighted by atomic mass is 19.1. The van der Waals surface area contributed by atoms with Gasteiger partial charge < -0.3 is 14.5 Å². The molecule has 1 heterocycles. The highest BCUT2D eigenvalue weighted by Crippen LogP contribution is 2.30. The molecule has 0 atom stereocenters. The van der Waals surface area contributed by atoms with Crippen LogP contribution in [-0.4, -0.2) is 24.6 Å². The molecule has 0 spiro atoms. The minimum Gasteiger partial charge on any atom is -0.497 e. The molecule has 0 fully saturated rings. The van der Waals surface area contributed by atoms with Gasteiger partial charge in [0.05, 0.1) is 18.5 Å². The molecule has 8 heteroatoms. The van der Waals surface area contributed by atoms with Gasteiger partial charge in [-0.2, -0.15) is 5.10 Å². The van der Waals surface area contributed by atoms with E-state index in [1.165, 1.54) is 19.2 Å². The molecule has 0 saturated heterocycles. The Morgan fingerprint density at radius 2 is 1.91 bits per heavy atom. The number of carbonyl (C=O) groups is 2. The molecule has 4 rings (SSSR count). The molecule has 1 aliphatic carbocycles. The van der Waals surface area contributed by atoms with E-state index in [2.05, 4.69) is 15.8 Å². The summed E-state index contributed by atoms with van der Waals surface area (Å²) in [5.41, 5.74) is 5.01. The third kappa shape index (κ3) is 4.25. The van der Waals surface area contributed by atoms with Crippen LogP contribution in [0.25, 0.3) is 0 Å². The zero-order chi connectivity index (χ0) is 22.7. The van der Waals surface area contributed by atoms with Crippen molar-refractivity contribution in [3.05, 3.63) is 82.6 Å². The molecule has 1 aliphatic rings. The van der Waals surface area contributed by atoms with E-state index in [-0.39, 0.29) is 17.4 Å². The van der Waals surface area contributed by atoms with Crippen molar-refractivity contribution in [2.75, 3.05) is 12.4 Å². The van der Waals surface area contributed by atoms with Crippen molar-refractivity contribution in [3.63, 3.8) is 0 Å². The molecule has 0 bridgehead atoms. The number of para-hydroxylation sites is 1. The number of methoxy groups -OCH3 is 1. The van der Waals surface area contributed by atoms with Crippen LogP contribution in [0.4, 0.5) is 10.1 Å². The molecule has 3 aromatic rings. The van der Waals surface area contributed by atoms with Crippen molar-refractivity contribution in [1.82, 2.24) is 5.43 Å². The molecular formula is C24H22FN3O4. The number of carbonyl (C=O) groups excluding carboxylic acids is 2. The topological polar surface area (TPSA) is 92.9 Å². The van der Waals surface area contributed by atoms with Crippen LogP contribution in [0.5, 0.6) is 5.75 Å². The van der Waals surface area contributed by atoms with Crippen LogP contribution in [0.2, 0.25) is 0 Å². The molecule has 2 aromatic carbocycles. The molecule has 164 valence electrons. The largest absolute Gasteiger partial charge is 0.497 e. The molecule has 0 radical (unpaired) electrons. The highest BCUT2D eigenvalue weighted by Gasteiger charge is 2.28. The van der Waals surface area contributed by atoms with Gasteiger partial charge in [0.2, 0.25) is 0 Å². The predicted octanol–water partition coefficient (Wildman–Crippen LogP) is 4.46. The van der Waals surface area contributed by atoms with Gasteiger partial charge in [-0.1, -0.05) is 18.2 Å². The zero-order valence-electron chi connectivity index (χ0n) is 17.7. The standard InChI is InChI=1S/C24H22FN3O4/c1-14-21-19(27-28-23(29)15-7-5-8-16(13-15)31-2)11-6-12-20(21)32-22(14)24(30)26-18-10-4-3-9-17(18)25/h3-5,7-10,13H,6,11-12H2,1-2H3,(H,26,30)(H,28,29)/b27-19+. The van der Waals surface area contributed by atoms with Gasteiger partial charge >= 0.3 is 0 Å². The molecule has 1 aromatic heterocycles. The molecule has 0 aliphatic heterocycles. The Kier molecular flexibility index (Phi) is 6.02. The van der Waals surface area contributed by atoms with Crippen molar-refractivity contribution in [2.24, 2.45) is 5.10 Å². The average Bonchev–Trinajstić information content (AvgIpc) is 3.16. The number of furan rings is 1. The number of hydrazone groups is 1. The summed E-state index contributed by atoms with van der Waals surface area (Å²) in [6.45, 7) is 1.75. The van der Waals surface area contributed by atoms with Crippen LogP contribution >= 0.6 is 0 Å². The van der Waals surface area contributed by atoms with Gasteiger partial charge in [0.15, 0.2) is 5.76 Å². The summed E-state index contributed by atoms with van der Waals surface area (Å²) in [7, 11) is 1.53. The highest BCUT2D eigenvalue weighted by molar-refractivity contribution is 6.09. The van der Waals surface area contributed by atoms with Gasteiger partial charge in [-0.3, -0.25) is 9.59 Å². The smallest absolute Gasteiger partial charge is 0.291 e. The Labute approximate surface area is 184 Å². The van der Waals surface area contributed by atoms with Crippen LogP contribution in [0.3, 0.4) is 0 Å². The van der Waals surface area contributed by atoms with Crippen molar-refractivity contribution in [1.29, 1.82) is 0 Å². The SMILES string of the molecule is COc1cccc(C(=O)N/N=C2\CCCc3oc(C(=O)Nc4ccccc4F)c(C)c32)c1. The number of aryl methyl sites for hydroxylation is 1. The van der Waals surface area contributed by atoms with Crippen LogP contribution in [0.1, 0.15) is 50.6 Å². The second-order valence-electron chi connectivity index (χ2n) is 7.37. The van der Waals surface area contributed by atoms with E-state index in [0.717, 1.165) is 6.42 Å². The van der Waals surface area contributed by atoms with E-state index in [4.69, 9.17) is 9.15 Å². The molecule has 0 unspecified atom stereocenters. The van der Waals surface area contributed by atoms with Gasteiger partial charge in [0.1, 0.15) is 17.3 Å². The summed E-state index contributed by atoms with van der Waals surface area (Å²) in [5.74, 6) is -0.142. The Hall–Kier alpha value is -3.94. The monoisotopic (exact) mass is 435 g/mol.